The molecule has 1 aromatic carbocycles. The molecule has 0 aliphatic heterocycles. The van der Waals surface area contributed by atoms with E-state index in [2.05, 4.69) is 6.92 Å². The number of unbranched alkanes of at least 4 members (excludes halogenated alkanes) is 3. The highest BCUT2D eigenvalue weighted by Gasteiger charge is 2.40. The first-order valence-corrected chi connectivity index (χ1v) is 12.1. The lowest BCUT2D eigenvalue weighted by Crippen LogP contribution is -2.23. The number of hydrogen-bond acceptors (Lipinski definition) is 5. The van der Waals surface area contributed by atoms with Gasteiger partial charge in [-0.2, -0.15) is 0 Å². The van der Waals surface area contributed by atoms with Gasteiger partial charge in [-0.1, -0.05) is 56.5 Å². The molecule has 5 nitrogen and oxygen atoms in total. The topological polar surface area (TPSA) is 87.0 Å². The Morgan fingerprint density at radius 3 is 2.47 bits per heavy atom. The molecule has 1 saturated carbocycles. The maximum atomic E-state index is 11.8. The van der Waals surface area contributed by atoms with Gasteiger partial charge in [0.25, 0.3) is 0 Å². The Labute approximate surface area is 192 Å². The molecule has 1 fully saturated rings. The van der Waals surface area contributed by atoms with Crippen molar-refractivity contribution in [2.75, 3.05) is 0 Å². The lowest BCUT2D eigenvalue weighted by molar-refractivity contribution is 0.0663. The maximum absolute atomic E-state index is 11.8. The quantitative estimate of drug-likeness (QED) is 0.160. The predicted molar refractivity (Wildman–Crippen MR) is 127 cm³/mol. The van der Waals surface area contributed by atoms with E-state index in [1.165, 1.54) is 6.26 Å². The molecular weight excluding hydrogens is 404 g/mol. The molecule has 32 heavy (non-hydrogen) atoms. The van der Waals surface area contributed by atoms with E-state index >= 15 is 0 Å². The van der Waals surface area contributed by atoms with Crippen molar-refractivity contribution >= 4 is 5.97 Å². The lowest BCUT2D eigenvalue weighted by Gasteiger charge is -2.24. The standard InChI is InChI=1S/C27H40O5/c1-2-3-8-15-22(28)17-18-24-23(25(29)20-26(24)30)16-11-5-4-6-12-19-32-27(31)21-13-9-7-10-14-21/h4,6-7,9-10,12-14,19,22-26,28-30H,2-3,5,8,11,15-18,20H2,1H3/b6-4+,19-12+/t22-,23+,24+,25-,26+/m0/s1. The number of rotatable bonds is 14. The molecule has 178 valence electrons. The molecule has 5 heteroatoms. The molecule has 1 aliphatic carbocycles. The molecule has 0 aromatic heterocycles. The molecular formula is C27H40O5. The van der Waals surface area contributed by atoms with Gasteiger partial charge in [-0.05, 0) is 75.0 Å². The van der Waals surface area contributed by atoms with Crippen LogP contribution in [0.2, 0.25) is 0 Å². The number of hydrogen-bond donors (Lipinski definition) is 3. The van der Waals surface area contributed by atoms with Gasteiger partial charge < -0.3 is 20.1 Å². The van der Waals surface area contributed by atoms with E-state index in [0.29, 0.717) is 18.4 Å². The van der Waals surface area contributed by atoms with Crippen molar-refractivity contribution < 1.29 is 24.9 Å². The summed E-state index contributed by atoms with van der Waals surface area (Å²) in [6.07, 6.45) is 14.4. The number of esters is 1. The van der Waals surface area contributed by atoms with E-state index in [9.17, 15) is 20.1 Å². The molecule has 0 saturated heterocycles. The van der Waals surface area contributed by atoms with Gasteiger partial charge in [-0.15, -0.1) is 0 Å². The molecule has 0 amide bonds. The van der Waals surface area contributed by atoms with E-state index in [1.54, 1.807) is 30.3 Å². The molecule has 1 aliphatic rings. The SMILES string of the molecule is CCCCC[C@H](O)CC[C@@H]1[C@@H](CCC/C=C/C=C/OC(=O)c2ccccc2)[C@@H](O)C[C@H]1O. The third kappa shape index (κ3) is 9.27. The Morgan fingerprint density at radius 2 is 1.75 bits per heavy atom. The average Bonchev–Trinajstić information content (AvgIpc) is 3.06. The summed E-state index contributed by atoms with van der Waals surface area (Å²) in [7, 11) is 0. The van der Waals surface area contributed by atoms with Crippen molar-refractivity contribution in [1.29, 1.82) is 0 Å². The van der Waals surface area contributed by atoms with Crippen molar-refractivity contribution in [3.8, 4) is 0 Å². The van der Waals surface area contributed by atoms with Gasteiger partial charge in [0.2, 0.25) is 0 Å². The zero-order chi connectivity index (χ0) is 23.2. The molecule has 0 unspecified atom stereocenters. The highest BCUT2D eigenvalue weighted by atomic mass is 16.5. The maximum Gasteiger partial charge on any atom is 0.342 e. The summed E-state index contributed by atoms with van der Waals surface area (Å²) in [5, 5.41) is 31.0. The summed E-state index contributed by atoms with van der Waals surface area (Å²) in [6.45, 7) is 2.15. The first-order valence-electron chi connectivity index (χ1n) is 12.1. The predicted octanol–water partition coefficient (Wildman–Crippen LogP) is 5.16. The minimum Gasteiger partial charge on any atom is -0.431 e. The summed E-state index contributed by atoms with van der Waals surface area (Å²) in [6, 6.07) is 8.85. The van der Waals surface area contributed by atoms with Crippen LogP contribution in [0.1, 0.15) is 81.5 Å². The highest BCUT2D eigenvalue weighted by Crippen LogP contribution is 2.39. The fraction of sp³-hybridized carbons (Fsp3) is 0.593. The van der Waals surface area contributed by atoms with E-state index in [0.717, 1.165) is 51.4 Å². The van der Waals surface area contributed by atoms with Crippen LogP contribution in [0.15, 0.2) is 54.8 Å². The molecule has 3 N–H and O–H groups in total. The third-order valence-electron chi connectivity index (χ3n) is 6.41. The molecule has 0 spiro atoms. The van der Waals surface area contributed by atoms with Gasteiger partial charge in [0, 0.05) is 0 Å². The van der Waals surface area contributed by atoms with Gasteiger partial charge in [0.05, 0.1) is 30.1 Å². The Balaban J connectivity index is 1.66. The van der Waals surface area contributed by atoms with Crippen molar-refractivity contribution in [3.63, 3.8) is 0 Å². The van der Waals surface area contributed by atoms with E-state index in [1.807, 2.05) is 18.2 Å². The zero-order valence-electron chi connectivity index (χ0n) is 19.3. The van der Waals surface area contributed by atoms with Crippen molar-refractivity contribution in [2.45, 2.75) is 89.4 Å². The van der Waals surface area contributed by atoms with Crippen LogP contribution in [0.25, 0.3) is 0 Å². The van der Waals surface area contributed by atoms with Gasteiger partial charge in [0.1, 0.15) is 0 Å². The fourth-order valence-electron chi connectivity index (χ4n) is 4.57. The largest absolute Gasteiger partial charge is 0.431 e. The van der Waals surface area contributed by atoms with Crippen LogP contribution in [0, 0.1) is 11.8 Å². The van der Waals surface area contributed by atoms with Crippen LogP contribution in [-0.2, 0) is 4.74 Å². The van der Waals surface area contributed by atoms with Crippen LogP contribution >= 0.6 is 0 Å². The number of allylic oxidation sites excluding steroid dienone is 3. The summed E-state index contributed by atoms with van der Waals surface area (Å²) in [5.41, 5.74) is 0.515. The van der Waals surface area contributed by atoms with E-state index < -0.39 is 12.2 Å². The van der Waals surface area contributed by atoms with Crippen molar-refractivity contribution in [1.82, 2.24) is 0 Å². The van der Waals surface area contributed by atoms with Crippen LogP contribution in [0.5, 0.6) is 0 Å². The van der Waals surface area contributed by atoms with Crippen LogP contribution in [-0.4, -0.2) is 39.6 Å². The van der Waals surface area contributed by atoms with Gasteiger partial charge in [-0.3, -0.25) is 0 Å². The minimum absolute atomic E-state index is 0.0621. The number of aliphatic hydroxyl groups excluding tert-OH is 3. The minimum atomic E-state index is -0.476. The Hall–Kier alpha value is -1.95. The zero-order valence-corrected chi connectivity index (χ0v) is 19.3. The summed E-state index contributed by atoms with van der Waals surface area (Å²) in [5.74, 6) is -0.235. The average molecular weight is 445 g/mol. The number of ether oxygens (including phenoxy) is 1. The third-order valence-corrected chi connectivity index (χ3v) is 6.41. The van der Waals surface area contributed by atoms with Gasteiger partial charge in [0.15, 0.2) is 0 Å². The molecule has 0 bridgehead atoms. The fourth-order valence-corrected chi connectivity index (χ4v) is 4.57. The Kier molecular flexibility index (Phi) is 12.3. The summed E-state index contributed by atoms with van der Waals surface area (Å²) >= 11 is 0. The number of carbonyl (C=O) groups is 1. The van der Waals surface area contributed by atoms with Gasteiger partial charge in [-0.25, -0.2) is 4.79 Å². The van der Waals surface area contributed by atoms with Crippen LogP contribution < -0.4 is 0 Å². The molecule has 1 aromatic rings. The first kappa shape index (κ1) is 26.3. The molecule has 0 heterocycles. The van der Waals surface area contributed by atoms with E-state index in [-0.39, 0.29) is 23.9 Å². The lowest BCUT2D eigenvalue weighted by atomic mass is 9.84. The van der Waals surface area contributed by atoms with Crippen LogP contribution in [0.4, 0.5) is 0 Å². The van der Waals surface area contributed by atoms with Crippen molar-refractivity contribution in [2.24, 2.45) is 11.8 Å². The highest BCUT2D eigenvalue weighted by molar-refractivity contribution is 5.89. The number of carbonyl (C=O) groups excluding carboxylic acids is 1. The molecule has 5 atom stereocenters. The summed E-state index contributed by atoms with van der Waals surface area (Å²) in [4.78, 5) is 11.8. The van der Waals surface area contributed by atoms with Gasteiger partial charge >= 0.3 is 5.97 Å². The Morgan fingerprint density at radius 1 is 1.03 bits per heavy atom. The van der Waals surface area contributed by atoms with E-state index in [4.69, 9.17) is 4.74 Å². The molecule has 2 rings (SSSR count). The number of aliphatic hydroxyl groups is 3. The smallest absolute Gasteiger partial charge is 0.342 e. The summed E-state index contributed by atoms with van der Waals surface area (Å²) < 4.78 is 5.08. The molecule has 0 radical (unpaired) electrons. The normalized spacial score (nSPS) is 24.4. The second-order valence-corrected chi connectivity index (χ2v) is 8.88. The second kappa shape index (κ2) is 15.0. The second-order valence-electron chi connectivity index (χ2n) is 8.88. The number of benzene rings is 1. The van der Waals surface area contributed by atoms with Crippen molar-refractivity contribution in [3.05, 3.63) is 60.4 Å². The first-order chi connectivity index (χ1) is 15.5. The van der Waals surface area contributed by atoms with Crippen LogP contribution in [0.3, 0.4) is 0 Å². The Bertz CT molecular complexity index is 699. The monoisotopic (exact) mass is 444 g/mol.